The van der Waals surface area contributed by atoms with Gasteiger partial charge < -0.3 is 14.6 Å². The lowest BCUT2D eigenvalue weighted by Gasteiger charge is -2.09. The topological polar surface area (TPSA) is 60.3 Å². The van der Waals surface area contributed by atoms with E-state index >= 15 is 0 Å². The molecule has 1 N–H and O–H groups in total. The van der Waals surface area contributed by atoms with E-state index < -0.39 is 0 Å². The number of carbonyl (C=O) groups excluding carboxylic acids is 1. The molecule has 0 aliphatic carbocycles. The van der Waals surface area contributed by atoms with Crippen molar-refractivity contribution in [2.75, 3.05) is 20.3 Å². The number of methoxy groups -OCH3 is 1. The van der Waals surface area contributed by atoms with Gasteiger partial charge in [0.15, 0.2) is 0 Å². The maximum absolute atomic E-state index is 12.8. The van der Waals surface area contributed by atoms with E-state index in [1.165, 1.54) is 22.8 Å². The summed E-state index contributed by atoms with van der Waals surface area (Å²) in [6, 6.07) is 9.53. The van der Waals surface area contributed by atoms with Crippen molar-refractivity contribution >= 4 is 5.91 Å². The van der Waals surface area contributed by atoms with Crippen molar-refractivity contribution in [2.45, 2.75) is 25.8 Å². The summed E-state index contributed by atoms with van der Waals surface area (Å²) in [5.41, 5.74) is 0.854. The molecular formula is C19H23FN2O3. The van der Waals surface area contributed by atoms with Crippen LogP contribution < -0.4 is 10.9 Å². The quantitative estimate of drug-likeness (QED) is 0.709. The molecule has 134 valence electrons. The van der Waals surface area contributed by atoms with Gasteiger partial charge in [-0.05, 0) is 49.1 Å². The molecule has 2 aromatic rings. The van der Waals surface area contributed by atoms with Gasteiger partial charge in [0.05, 0.1) is 0 Å². The highest BCUT2D eigenvalue weighted by Gasteiger charge is 2.11. The average molecular weight is 346 g/mol. The van der Waals surface area contributed by atoms with Crippen LogP contribution in [0.25, 0.3) is 0 Å². The number of amides is 1. The van der Waals surface area contributed by atoms with Gasteiger partial charge in [0.25, 0.3) is 11.5 Å². The second kappa shape index (κ2) is 9.74. The van der Waals surface area contributed by atoms with Crippen molar-refractivity contribution in [3.8, 4) is 0 Å². The maximum Gasteiger partial charge on any atom is 0.263 e. The van der Waals surface area contributed by atoms with Crippen molar-refractivity contribution in [3.63, 3.8) is 0 Å². The van der Waals surface area contributed by atoms with Crippen molar-refractivity contribution in [1.29, 1.82) is 0 Å². The molecule has 5 nitrogen and oxygen atoms in total. The summed E-state index contributed by atoms with van der Waals surface area (Å²) < 4.78 is 19.3. The fraction of sp³-hybridized carbons (Fsp3) is 0.368. The number of aromatic nitrogens is 1. The smallest absolute Gasteiger partial charge is 0.263 e. The first-order valence-electron chi connectivity index (χ1n) is 8.33. The van der Waals surface area contributed by atoms with Gasteiger partial charge in [-0.3, -0.25) is 9.59 Å². The Morgan fingerprint density at radius 1 is 1.20 bits per heavy atom. The molecule has 1 amide bonds. The third-order valence-corrected chi connectivity index (χ3v) is 3.85. The molecule has 6 heteroatoms. The van der Waals surface area contributed by atoms with Crippen LogP contribution in [0.1, 0.15) is 28.8 Å². The minimum absolute atomic E-state index is 0.140. The van der Waals surface area contributed by atoms with Crippen LogP contribution in [0, 0.1) is 5.82 Å². The van der Waals surface area contributed by atoms with Gasteiger partial charge >= 0.3 is 0 Å². The van der Waals surface area contributed by atoms with E-state index in [-0.39, 0.29) is 22.8 Å². The fourth-order valence-electron chi connectivity index (χ4n) is 2.51. The van der Waals surface area contributed by atoms with Crippen LogP contribution in [0.3, 0.4) is 0 Å². The zero-order valence-corrected chi connectivity index (χ0v) is 14.3. The molecular weight excluding hydrogens is 323 g/mol. The maximum atomic E-state index is 12.8. The number of hydrogen-bond acceptors (Lipinski definition) is 3. The molecule has 0 atom stereocenters. The standard InChI is InChI=1S/C19H23FN2O3/c1-25-14-4-13-22-12-3-6-17(19(22)24)18(23)21-11-2-5-15-7-9-16(20)10-8-15/h3,6-10,12H,2,4-5,11,13-14H2,1H3,(H,21,23). The molecule has 0 fully saturated rings. The second-order valence-corrected chi connectivity index (χ2v) is 5.75. The first-order chi connectivity index (χ1) is 12.1. The second-order valence-electron chi connectivity index (χ2n) is 5.75. The van der Waals surface area contributed by atoms with Crippen molar-refractivity contribution < 1.29 is 13.9 Å². The van der Waals surface area contributed by atoms with Gasteiger partial charge in [-0.2, -0.15) is 0 Å². The first kappa shape index (κ1) is 18.9. The van der Waals surface area contributed by atoms with Crippen molar-refractivity contribution in [3.05, 3.63) is 69.9 Å². The van der Waals surface area contributed by atoms with Gasteiger partial charge in [-0.15, -0.1) is 0 Å². The Kier molecular flexibility index (Phi) is 7.35. The Bertz CT molecular complexity index is 741. The number of hydrogen-bond donors (Lipinski definition) is 1. The number of carbonyl (C=O) groups is 1. The predicted molar refractivity (Wildman–Crippen MR) is 94.2 cm³/mol. The number of rotatable bonds is 9. The summed E-state index contributed by atoms with van der Waals surface area (Å²) in [4.78, 5) is 24.5. The summed E-state index contributed by atoms with van der Waals surface area (Å²) >= 11 is 0. The van der Waals surface area contributed by atoms with Gasteiger partial charge in [-0.25, -0.2) is 4.39 Å². The van der Waals surface area contributed by atoms with Gasteiger partial charge in [0, 0.05) is 33.0 Å². The molecule has 1 aromatic heterocycles. The predicted octanol–water partition coefficient (Wildman–Crippen LogP) is 2.39. The van der Waals surface area contributed by atoms with Gasteiger partial charge in [-0.1, -0.05) is 12.1 Å². The molecule has 0 aliphatic rings. The van der Waals surface area contributed by atoms with Crippen LogP contribution in [-0.2, 0) is 17.7 Å². The van der Waals surface area contributed by atoms with Crippen molar-refractivity contribution in [2.24, 2.45) is 0 Å². The van der Waals surface area contributed by atoms with Crippen LogP contribution in [0.4, 0.5) is 4.39 Å². The van der Waals surface area contributed by atoms with E-state index in [0.717, 1.165) is 12.0 Å². The highest BCUT2D eigenvalue weighted by Crippen LogP contribution is 2.05. The Hall–Kier alpha value is -2.47. The molecule has 0 spiro atoms. The van der Waals surface area contributed by atoms with E-state index in [2.05, 4.69) is 5.32 Å². The van der Waals surface area contributed by atoms with E-state index in [0.29, 0.717) is 32.5 Å². The number of nitrogens with zero attached hydrogens (tertiary/aromatic N) is 1. The first-order valence-corrected chi connectivity index (χ1v) is 8.33. The van der Waals surface area contributed by atoms with Gasteiger partial charge in [0.1, 0.15) is 11.4 Å². The minimum Gasteiger partial charge on any atom is -0.385 e. The number of nitrogens with one attached hydrogen (secondary N) is 1. The van der Waals surface area contributed by atoms with E-state index in [1.54, 1.807) is 31.5 Å². The average Bonchev–Trinajstić information content (AvgIpc) is 2.61. The lowest BCUT2D eigenvalue weighted by Crippen LogP contribution is -2.33. The molecule has 0 saturated heterocycles. The van der Waals surface area contributed by atoms with Crippen LogP contribution in [-0.4, -0.2) is 30.7 Å². The number of pyridine rings is 1. The number of benzene rings is 1. The van der Waals surface area contributed by atoms with Crippen LogP contribution in [0.5, 0.6) is 0 Å². The third kappa shape index (κ3) is 5.83. The Morgan fingerprint density at radius 2 is 1.96 bits per heavy atom. The van der Waals surface area contributed by atoms with Crippen LogP contribution in [0.15, 0.2) is 47.4 Å². The molecule has 25 heavy (non-hydrogen) atoms. The number of aryl methyl sites for hydroxylation is 2. The van der Waals surface area contributed by atoms with E-state index in [4.69, 9.17) is 4.74 Å². The minimum atomic E-state index is -0.370. The summed E-state index contributed by atoms with van der Waals surface area (Å²) in [6.07, 6.45) is 3.82. The molecule has 0 radical (unpaired) electrons. The molecule has 0 unspecified atom stereocenters. The lowest BCUT2D eigenvalue weighted by molar-refractivity contribution is 0.0951. The van der Waals surface area contributed by atoms with Crippen LogP contribution >= 0.6 is 0 Å². The van der Waals surface area contributed by atoms with E-state index in [9.17, 15) is 14.0 Å². The number of halogens is 1. The SMILES string of the molecule is COCCCn1cccc(C(=O)NCCCc2ccc(F)cc2)c1=O. The lowest BCUT2D eigenvalue weighted by atomic mass is 10.1. The third-order valence-electron chi connectivity index (χ3n) is 3.85. The monoisotopic (exact) mass is 346 g/mol. The highest BCUT2D eigenvalue weighted by atomic mass is 19.1. The molecule has 0 aliphatic heterocycles. The largest absolute Gasteiger partial charge is 0.385 e. The summed E-state index contributed by atoms with van der Waals surface area (Å²) in [5, 5.41) is 2.76. The summed E-state index contributed by atoms with van der Waals surface area (Å²) in [6.45, 7) is 1.53. The Morgan fingerprint density at radius 3 is 2.68 bits per heavy atom. The van der Waals surface area contributed by atoms with Crippen molar-refractivity contribution in [1.82, 2.24) is 9.88 Å². The Labute approximate surface area is 146 Å². The highest BCUT2D eigenvalue weighted by molar-refractivity contribution is 5.93. The normalized spacial score (nSPS) is 10.6. The Balaban J connectivity index is 1.84. The van der Waals surface area contributed by atoms with E-state index in [1.807, 2.05) is 0 Å². The molecule has 0 saturated carbocycles. The van der Waals surface area contributed by atoms with Gasteiger partial charge in [0.2, 0.25) is 0 Å². The zero-order valence-electron chi connectivity index (χ0n) is 14.3. The molecule has 1 aromatic carbocycles. The molecule has 1 heterocycles. The molecule has 0 bridgehead atoms. The number of ether oxygens (including phenoxy) is 1. The molecule has 2 rings (SSSR count). The fourth-order valence-corrected chi connectivity index (χ4v) is 2.51. The zero-order chi connectivity index (χ0) is 18.1. The summed E-state index contributed by atoms with van der Waals surface area (Å²) in [7, 11) is 1.61. The summed E-state index contributed by atoms with van der Waals surface area (Å²) in [5.74, 6) is -0.631. The van der Waals surface area contributed by atoms with Crippen LogP contribution in [0.2, 0.25) is 0 Å².